The average molecular weight is 353 g/mol. The molecule has 0 atom stereocenters. The second kappa shape index (κ2) is 6.24. The van der Waals surface area contributed by atoms with Crippen LogP contribution in [0.4, 0.5) is 5.69 Å². The molecule has 0 saturated heterocycles. The average Bonchev–Trinajstić information content (AvgIpc) is 2.48. The van der Waals surface area contributed by atoms with Crippen LogP contribution in [-0.4, -0.2) is 13.3 Å². The normalized spacial score (nSPS) is 10.8. The summed E-state index contributed by atoms with van der Waals surface area (Å²) in [7, 11) is -4.19. The number of halogens is 1. The lowest BCUT2D eigenvalue weighted by atomic mass is 10.2. The summed E-state index contributed by atoms with van der Waals surface area (Å²) < 4.78 is 29.5. The highest BCUT2D eigenvalue weighted by molar-refractivity contribution is 7.87. The van der Waals surface area contributed by atoms with Gasteiger partial charge in [0.25, 0.3) is 5.69 Å². The van der Waals surface area contributed by atoms with Gasteiger partial charge < -0.3 is 4.18 Å². The Morgan fingerprint density at radius 2 is 1.96 bits per heavy atom. The van der Waals surface area contributed by atoms with Crippen LogP contribution in [-0.2, 0) is 10.1 Å². The minimum atomic E-state index is -4.19. The molecule has 0 saturated carbocycles. The maximum absolute atomic E-state index is 12.3. The number of nitrogens with zero attached hydrogens (tertiary/aromatic N) is 2. The van der Waals surface area contributed by atoms with Gasteiger partial charge in [-0.3, -0.25) is 10.1 Å². The highest BCUT2D eigenvalue weighted by Crippen LogP contribution is 2.31. The van der Waals surface area contributed by atoms with Crippen molar-refractivity contribution >= 4 is 27.4 Å². The van der Waals surface area contributed by atoms with Gasteiger partial charge in [-0.15, -0.1) is 0 Å². The van der Waals surface area contributed by atoms with Gasteiger partial charge in [-0.2, -0.15) is 13.7 Å². The van der Waals surface area contributed by atoms with E-state index in [1.807, 2.05) is 6.07 Å². The molecule has 0 heterocycles. The van der Waals surface area contributed by atoms with Crippen LogP contribution in [0.2, 0.25) is 5.02 Å². The lowest BCUT2D eigenvalue weighted by Gasteiger charge is -2.10. The van der Waals surface area contributed by atoms with Crippen molar-refractivity contribution in [1.29, 1.82) is 5.26 Å². The second-order valence-electron chi connectivity index (χ2n) is 4.50. The van der Waals surface area contributed by atoms with Gasteiger partial charge in [-0.1, -0.05) is 11.6 Å². The van der Waals surface area contributed by atoms with Gasteiger partial charge in [-0.25, -0.2) is 0 Å². The van der Waals surface area contributed by atoms with E-state index in [4.69, 9.17) is 21.0 Å². The molecule has 0 unspecified atom stereocenters. The first kappa shape index (κ1) is 16.7. The molecule has 7 nitrogen and oxygen atoms in total. The van der Waals surface area contributed by atoms with Crippen molar-refractivity contribution in [3.63, 3.8) is 0 Å². The molecule has 0 fully saturated rings. The molecule has 9 heteroatoms. The minimum Gasteiger partial charge on any atom is -0.377 e. The van der Waals surface area contributed by atoms with Gasteiger partial charge in [0.1, 0.15) is 4.90 Å². The van der Waals surface area contributed by atoms with E-state index in [-0.39, 0.29) is 21.4 Å². The number of hydrogen-bond acceptors (Lipinski definition) is 6. The summed E-state index contributed by atoms with van der Waals surface area (Å²) in [4.78, 5) is 9.86. The molecule has 0 aromatic heterocycles. The SMILES string of the molecule is Cc1cc(C#N)ccc1S(=O)(=O)Oc1ccc([N+](=O)[O-])cc1Cl. The highest BCUT2D eigenvalue weighted by atomic mass is 35.5. The molecule has 2 aromatic carbocycles. The lowest BCUT2D eigenvalue weighted by molar-refractivity contribution is -0.384. The molecule has 0 aliphatic heterocycles. The van der Waals surface area contributed by atoms with Crippen molar-refractivity contribution in [3.05, 3.63) is 62.7 Å². The number of nitro groups is 1. The van der Waals surface area contributed by atoms with E-state index in [1.165, 1.54) is 25.1 Å². The van der Waals surface area contributed by atoms with E-state index in [0.29, 0.717) is 11.1 Å². The van der Waals surface area contributed by atoms with E-state index in [2.05, 4.69) is 0 Å². The Morgan fingerprint density at radius 1 is 1.26 bits per heavy atom. The smallest absolute Gasteiger partial charge is 0.339 e. The molecule has 2 aromatic rings. The topological polar surface area (TPSA) is 110 Å². The molecular formula is C14H9ClN2O5S. The Labute approximate surface area is 137 Å². The number of aryl methyl sites for hydroxylation is 1. The number of benzene rings is 2. The Hall–Kier alpha value is -2.63. The van der Waals surface area contributed by atoms with Crippen LogP contribution in [0, 0.1) is 28.4 Å². The summed E-state index contributed by atoms with van der Waals surface area (Å²) in [5.74, 6) is -0.221. The van der Waals surface area contributed by atoms with Crippen LogP contribution in [0.3, 0.4) is 0 Å². The third kappa shape index (κ3) is 3.59. The van der Waals surface area contributed by atoms with Crippen molar-refractivity contribution in [2.75, 3.05) is 0 Å². The van der Waals surface area contributed by atoms with E-state index < -0.39 is 15.0 Å². The molecule has 0 N–H and O–H groups in total. The third-order valence-corrected chi connectivity index (χ3v) is 4.59. The molecule has 2 rings (SSSR count). The zero-order valence-corrected chi connectivity index (χ0v) is 13.3. The quantitative estimate of drug-likeness (QED) is 0.474. The fraction of sp³-hybridized carbons (Fsp3) is 0.0714. The molecule has 118 valence electrons. The van der Waals surface area contributed by atoms with Crippen molar-refractivity contribution in [1.82, 2.24) is 0 Å². The molecule has 0 aliphatic rings. The van der Waals surface area contributed by atoms with Crippen molar-refractivity contribution in [2.45, 2.75) is 11.8 Å². The Kier molecular flexibility index (Phi) is 4.54. The van der Waals surface area contributed by atoms with E-state index in [0.717, 1.165) is 18.2 Å². The number of hydrogen-bond donors (Lipinski definition) is 0. The van der Waals surface area contributed by atoms with Crippen LogP contribution in [0.15, 0.2) is 41.3 Å². The second-order valence-corrected chi connectivity index (χ2v) is 6.42. The molecule has 0 amide bonds. The maximum Gasteiger partial charge on any atom is 0.339 e. The minimum absolute atomic E-state index is 0.120. The van der Waals surface area contributed by atoms with Crippen molar-refractivity contribution in [3.8, 4) is 11.8 Å². The fourth-order valence-electron chi connectivity index (χ4n) is 1.83. The first-order valence-electron chi connectivity index (χ1n) is 6.14. The van der Waals surface area contributed by atoms with Crippen LogP contribution < -0.4 is 4.18 Å². The van der Waals surface area contributed by atoms with Gasteiger partial charge >= 0.3 is 10.1 Å². The first-order valence-corrected chi connectivity index (χ1v) is 7.92. The molecular weight excluding hydrogens is 344 g/mol. The van der Waals surface area contributed by atoms with E-state index in [1.54, 1.807) is 0 Å². The zero-order chi connectivity index (χ0) is 17.2. The summed E-state index contributed by atoms with van der Waals surface area (Å²) in [6, 6.07) is 9.10. The zero-order valence-electron chi connectivity index (χ0n) is 11.7. The predicted octanol–water partition coefficient (Wildman–Crippen LogP) is 3.20. The van der Waals surface area contributed by atoms with Crippen molar-refractivity contribution < 1.29 is 17.5 Å². The monoisotopic (exact) mass is 352 g/mol. The summed E-state index contributed by atoms with van der Waals surface area (Å²) in [5, 5.41) is 19.2. The van der Waals surface area contributed by atoms with E-state index in [9.17, 15) is 18.5 Å². The van der Waals surface area contributed by atoms with Gasteiger partial charge in [0, 0.05) is 12.1 Å². The highest BCUT2D eigenvalue weighted by Gasteiger charge is 2.22. The van der Waals surface area contributed by atoms with Gasteiger partial charge in [0.2, 0.25) is 0 Å². The molecule has 0 radical (unpaired) electrons. The van der Waals surface area contributed by atoms with Crippen molar-refractivity contribution in [2.24, 2.45) is 0 Å². The Bertz CT molecular complexity index is 935. The fourth-order valence-corrected chi connectivity index (χ4v) is 3.25. The summed E-state index contributed by atoms with van der Waals surface area (Å²) in [6.07, 6.45) is 0. The molecule has 0 spiro atoms. The largest absolute Gasteiger partial charge is 0.377 e. The maximum atomic E-state index is 12.3. The predicted molar refractivity (Wildman–Crippen MR) is 81.8 cm³/mol. The summed E-state index contributed by atoms with van der Waals surface area (Å²) >= 11 is 5.82. The lowest BCUT2D eigenvalue weighted by Crippen LogP contribution is -2.11. The van der Waals surface area contributed by atoms with Gasteiger partial charge in [0.05, 0.1) is 21.6 Å². The molecule has 0 aliphatic carbocycles. The summed E-state index contributed by atoms with van der Waals surface area (Å²) in [6.45, 7) is 1.52. The van der Waals surface area contributed by atoms with Crippen LogP contribution >= 0.6 is 11.6 Å². The number of nitriles is 1. The standard InChI is InChI=1S/C14H9ClN2O5S/c1-9-6-10(8-16)2-5-14(9)23(20,21)22-13-4-3-11(17(18)19)7-12(13)15/h2-7H,1H3. The Morgan fingerprint density at radius 3 is 2.48 bits per heavy atom. The van der Waals surface area contributed by atoms with Gasteiger partial charge in [-0.05, 0) is 36.8 Å². The number of nitro benzene ring substituents is 1. The van der Waals surface area contributed by atoms with E-state index >= 15 is 0 Å². The third-order valence-electron chi connectivity index (χ3n) is 2.90. The van der Waals surface area contributed by atoms with Crippen LogP contribution in [0.25, 0.3) is 0 Å². The summed E-state index contributed by atoms with van der Waals surface area (Å²) in [5.41, 5.74) is 0.367. The number of non-ortho nitro benzene ring substituents is 1. The first-order chi connectivity index (χ1) is 10.7. The Balaban J connectivity index is 2.39. The van der Waals surface area contributed by atoms with Gasteiger partial charge in [0.15, 0.2) is 5.75 Å². The van der Waals surface area contributed by atoms with Crippen LogP contribution in [0.1, 0.15) is 11.1 Å². The number of rotatable bonds is 4. The molecule has 0 bridgehead atoms. The van der Waals surface area contributed by atoms with Crippen LogP contribution in [0.5, 0.6) is 5.75 Å². The molecule has 23 heavy (non-hydrogen) atoms.